The monoisotopic (exact) mass is 421 g/mol. The normalized spacial score (nSPS) is 11.7. The van der Waals surface area contributed by atoms with Gasteiger partial charge in [0, 0.05) is 5.39 Å². The van der Waals surface area contributed by atoms with Gasteiger partial charge < -0.3 is 5.32 Å². The van der Waals surface area contributed by atoms with Crippen LogP contribution in [0.5, 0.6) is 0 Å². The van der Waals surface area contributed by atoms with E-state index in [4.69, 9.17) is 10.8 Å². The largest absolute Gasteiger partial charge is 0.308 e. The van der Waals surface area contributed by atoms with Gasteiger partial charge in [-0.3, -0.25) is 20.4 Å². The minimum atomic E-state index is -0.475. The quantitative estimate of drug-likeness (QED) is 0.432. The first kappa shape index (κ1) is 22.1. The second-order valence-corrected chi connectivity index (χ2v) is 8.74. The maximum absolute atomic E-state index is 13.0. The fourth-order valence-corrected chi connectivity index (χ4v) is 3.23. The Balaban J connectivity index is 1.99. The molecular weight excluding hydrogens is 394 g/mol. The molecule has 2 heterocycles. The Labute approximate surface area is 179 Å². The van der Waals surface area contributed by atoms with Gasteiger partial charge in [0.1, 0.15) is 18.4 Å². The number of fused-ring (bicyclic) bond motifs is 1. The number of carbonyl (C=O) groups is 1. The Kier molecular flexibility index (Phi) is 5.88. The second-order valence-electron chi connectivity index (χ2n) is 8.74. The van der Waals surface area contributed by atoms with Crippen molar-refractivity contribution in [3.05, 3.63) is 57.4 Å². The van der Waals surface area contributed by atoms with Gasteiger partial charge in [-0.15, -0.1) is 5.10 Å². The lowest BCUT2D eigenvalue weighted by molar-refractivity contribution is -0.117. The van der Waals surface area contributed by atoms with Crippen LogP contribution in [0.2, 0.25) is 0 Å². The number of aromatic nitrogens is 4. The molecule has 3 aromatic rings. The number of rotatable bonds is 5. The standard InChI is InChI=1S/C22H27N7O2/c1-13(2)20-16-10-14(22(3,4)5)6-7-15(16)21(31)28(27-20)11-19(30)25-18-9-8-17(24)29(12-23)26-18/h6-10,12-13,23-24H,11H2,1-5H3,(H,25,26,30). The molecule has 9 nitrogen and oxygen atoms in total. The Morgan fingerprint density at radius 2 is 1.87 bits per heavy atom. The van der Waals surface area contributed by atoms with Crippen molar-refractivity contribution in [1.82, 2.24) is 19.6 Å². The zero-order valence-electron chi connectivity index (χ0n) is 18.4. The Hall–Kier alpha value is -3.62. The predicted molar refractivity (Wildman–Crippen MR) is 120 cm³/mol. The second kappa shape index (κ2) is 8.25. The lowest BCUT2D eigenvalue weighted by Gasteiger charge is -2.21. The minimum Gasteiger partial charge on any atom is -0.308 e. The molecule has 0 bridgehead atoms. The summed E-state index contributed by atoms with van der Waals surface area (Å²) in [5.41, 5.74) is 1.48. The van der Waals surface area contributed by atoms with Crippen molar-refractivity contribution in [3.63, 3.8) is 0 Å². The van der Waals surface area contributed by atoms with Crippen molar-refractivity contribution < 1.29 is 4.79 Å². The third-order valence-electron chi connectivity index (χ3n) is 4.95. The van der Waals surface area contributed by atoms with Crippen LogP contribution in [-0.4, -0.2) is 31.8 Å². The molecule has 0 unspecified atom stereocenters. The van der Waals surface area contributed by atoms with Crippen LogP contribution in [0.4, 0.5) is 5.82 Å². The molecule has 3 N–H and O–H groups in total. The van der Waals surface area contributed by atoms with Gasteiger partial charge in [0.05, 0.1) is 11.1 Å². The predicted octanol–water partition coefficient (Wildman–Crippen LogP) is 2.59. The summed E-state index contributed by atoms with van der Waals surface area (Å²) in [5.74, 6) is -0.237. The average Bonchev–Trinajstić information content (AvgIpc) is 2.70. The summed E-state index contributed by atoms with van der Waals surface area (Å²) >= 11 is 0. The van der Waals surface area contributed by atoms with E-state index in [1.54, 1.807) is 0 Å². The molecule has 9 heteroatoms. The van der Waals surface area contributed by atoms with Crippen molar-refractivity contribution in [3.8, 4) is 0 Å². The molecule has 0 saturated carbocycles. The lowest BCUT2D eigenvalue weighted by atomic mass is 9.85. The summed E-state index contributed by atoms with van der Waals surface area (Å²) in [7, 11) is 0. The maximum atomic E-state index is 13.0. The lowest BCUT2D eigenvalue weighted by Crippen LogP contribution is -2.32. The molecular formula is C22H27N7O2. The number of nitrogens with zero attached hydrogens (tertiary/aromatic N) is 4. The van der Waals surface area contributed by atoms with Gasteiger partial charge >= 0.3 is 0 Å². The number of amides is 1. The van der Waals surface area contributed by atoms with Crippen LogP contribution >= 0.6 is 0 Å². The van der Waals surface area contributed by atoms with Crippen LogP contribution in [0, 0.1) is 10.8 Å². The summed E-state index contributed by atoms with van der Waals surface area (Å²) in [6.07, 6.45) is 0.869. The highest BCUT2D eigenvalue weighted by Crippen LogP contribution is 2.28. The summed E-state index contributed by atoms with van der Waals surface area (Å²) < 4.78 is 2.19. The summed E-state index contributed by atoms with van der Waals surface area (Å²) in [4.78, 5) is 25.6. The minimum absolute atomic E-state index is 0.0108. The van der Waals surface area contributed by atoms with E-state index in [1.165, 1.54) is 16.8 Å². The van der Waals surface area contributed by atoms with E-state index in [0.717, 1.165) is 27.7 Å². The molecule has 162 valence electrons. The van der Waals surface area contributed by atoms with E-state index in [2.05, 4.69) is 36.3 Å². The van der Waals surface area contributed by atoms with Crippen molar-refractivity contribution in [2.45, 2.75) is 52.5 Å². The Morgan fingerprint density at radius 1 is 1.16 bits per heavy atom. The number of anilines is 1. The topological polar surface area (TPSA) is 130 Å². The van der Waals surface area contributed by atoms with Crippen LogP contribution in [0.15, 0.2) is 35.1 Å². The van der Waals surface area contributed by atoms with Gasteiger partial charge in [-0.05, 0) is 41.2 Å². The smallest absolute Gasteiger partial charge is 0.275 e. The summed E-state index contributed by atoms with van der Waals surface area (Å²) in [6, 6.07) is 8.65. The first-order chi connectivity index (χ1) is 14.5. The van der Waals surface area contributed by atoms with Gasteiger partial charge in [0.15, 0.2) is 5.82 Å². The van der Waals surface area contributed by atoms with E-state index in [0.29, 0.717) is 5.39 Å². The highest BCUT2D eigenvalue weighted by atomic mass is 16.2. The first-order valence-corrected chi connectivity index (χ1v) is 10.0. The van der Waals surface area contributed by atoms with E-state index >= 15 is 0 Å². The first-order valence-electron chi connectivity index (χ1n) is 10.0. The fourth-order valence-electron chi connectivity index (χ4n) is 3.23. The number of benzene rings is 1. The maximum Gasteiger partial charge on any atom is 0.275 e. The van der Waals surface area contributed by atoms with E-state index in [1.807, 2.05) is 32.0 Å². The van der Waals surface area contributed by atoms with Gasteiger partial charge in [-0.2, -0.15) is 5.10 Å². The van der Waals surface area contributed by atoms with Crippen molar-refractivity contribution in [1.29, 1.82) is 10.8 Å². The highest BCUT2D eigenvalue weighted by molar-refractivity contribution is 5.90. The molecule has 31 heavy (non-hydrogen) atoms. The number of carbonyl (C=O) groups excluding carboxylic acids is 1. The van der Waals surface area contributed by atoms with E-state index in [-0.39, 0.29) is 34.7 Å². The zero-order chi connectivity index (χ0) is 22.9. The Morgan fingerprint density at radius 3 is 2.48 bits per heavy atom. The number of nitrogens with one attached hydrogen (secondary N) is 3. The molecule has 0 atom stereocenters. The van der Waals surface area contributed by atoms with Gasteiger partial charge in [0.25, 0.3) is 5.56 Å². The molecule has 0 radical (unpaired) electrons. The van der Waals surface area contributed by atoms with Crippen LogP contribution in [0.1, 0.15) is 51.8 Å². The SMILES string of the molecule is CC(C)c1nn(CC(=O)Nc2ccc(=N)n(C=N)n2)c(=O)c2ccc(C(C)(C)C)cc12. The summed E-state index contributed by atoms with van der Waals surface area (Å²) in [6.45, 7) is 10.1. The average molecular weight is 422 g/mol. The molecule has 0 aliphatic rings. The van der Waals surface area contributed by atoms with Gasteiger partial charge in [-0.1, -0.05) is 40.7 Å². The third kappa shape index (κ3) is 4.60. The zero-order valence-corrected chi connectivity index (χ0v) is 18.4. The van der Waals surface area contributed by atoms with Crippen molar-refractivity contribution in [2.24, 2.45) is 0 Å². The van der Waals surface area contributed by atoms with Crippen LogP contribution in [0.3, 0.4) is 0 Å². The molecule has 1 amide bonds. The van der Waals surface area contributed by atoms with Crippen LogP contribution in [-0.2, 0) is 16.8 Å². The van der Waals surface area contributed by atoms with E-state index < -0.39 is 5.91 Å². The number of hydrogen-bond acceptors (Lipinski definition) is 6. The molecule has 0 aliphatic carbocycles. The van der Waals surface area contributed by atoms with Gasteiger partial charge in [-0.25, -0.2) is 9.36 Å². The molecule has 3 rings (SSSR count). The molecule has 0 aliphatic heterocycles. The Bertz CT molecular complexity index is 1280. The third-order valence-corrected chi connectivity index (χ3v) is 4.95. The van der Waals surface area contributed by atoms with Crippen molar-refractivity contribution in [2.75, 3.05) is 5.32 Å². The molecule has 0 spiro atoms. The van der Waals surface area contributed by atoms with Gasteiger partial charge in [0.2, 0.25) is 5.91 Å². The van der Waals surface area contributed by atoms with Crippen molar-refractivity contribution >= 4 is 28.8 Å². The molecule has 1 aromatic carbocycles. The molecule has 0 fully saturated rings. The van der Waals surface area contributed by atoms with Crippen LogP contribution < -0.4 is 16.4 Å². The van der Waals surface area contributed by atoms with Crippen LogP contribution in [0.25, 0.3) is 10.8 Å². The van der Waals surface area contributed by atoms with E-state index in [9.17, 15) is 9.59 Å². The highest BCUT2D eigenvalue weighted by Gasteiger charge is 2.19. The molecule has 2 aromatic heterocycles. The fraction of sp³-hybridized carbons (Fsp3) is 0.364. The molecule has 0 saturated heterocycles. The summed E-state index contributed by atoms with van der Waals surface area (Å²) in [5, 5.41) is 27.3. The number of hydrogen-bond donors (Lipinski definition) is 3.